The monoisotopic (exact) mass is 293 g/mol. The van der Waals surface area contributed by atoms with Gasteiger partial charge in [-0.2, -0.15) is 0 Å². The first-order chi connectivity index (χ1) is 10.1. The van der Waals surface area contributed by atoms with Crippen molar-refractivity contribution in [3.05, 3.63) is 29.6 Å². The van der Waals surface area contributed by atoms with Crippen molar-refractivity contribution >= 4 is 11.6 Å². The first-order valence-electron chi connectivity index (χ1n) is 7.60. The van der Waals surface area contributed by atoms with Crippen molar-refractivity contribution in [2.45, 2.75) is 26.3 Å². The van der Waals surface area contributed by atoms with Gasteiger partial charge in [-0.15, -0.1) is 0 Å². The first-order valence-corrected chi connectivity index (χ1v) is 7.60. The molecule has 0 spiro atoms. The second kappa shape index (κ2) is 7.41. The lowest BCUT2D eigenvalue weighted by Gasteiger charge is -2.25. The van der Waals surface area contributed by atoms with E-state index in [9.17, 15) is 9.18 Å². The molecule has 5 heteroatoms. The molecule has 1 aliphatic rings. The maximum Gasteiger partial charge on any atom is 0.242 e. The normalized spacial score (nSPS) is 14.5. The molecule has 0 bridgehead atoms. The number of hydrogen-bond donors (Lipinski definition) is 1. The maximum absolute atomic E-state index is 13.4. The molecule has 1 N–H and O–H groups in total. The molecular weight excluding hydrogens is 269 g/mol. The molecule has 21 heavy (non-hydrogen) atoms. The molecule has 0 saturated carbocycles. The summed E-state index contributed by atoms with van der Waals surface area (Å²) in [4.78, 5) is 16.0. The smallest absolute Gasteiger partial charge is 0.242 e. The van der Waals surface area contributed by atoms with Crippen molar-refractivity contribution in [1.82, 2.24) is 10.2 Å². The summed E-state index contributed by atoms with van der Waals surface area (Å²) in [6.07, 6.45) is 2.19. The minimum absolute atomic E-state index is 0.147. The predicted octanol–water partition coefficient (Wildman–Crippen LogP) is 1.99. The molecule has 1 saturated heterocycles. The van der Waals surface area contributed by atoms with E-state index in [4.69, 9.17) is 0 Å². The first kappa shape index (κ1) is 15.8. The second-order valence-corrected chi connectivity index (χ2v) is 5.50. The number of carbonyl (C=O) groups excluding carboxylic acids is 1. The van der Waals surface area contributed by atoms with Gasteiger partial charge in [-0.05, 0) is 43.1 Å². The molecule has 0 unspecified atom stereocenters. The summed E-state index contributed by atoms with van der Waals surface area (Å²) in [5, 5.41) is 3.21. The third-order valence-corrected chi connectivity index (χ3v) is 3.85. The summed E-state index contributed by atoms with van der Waals surface area (Å²) in [7, 11) is 1.89. The zero-order valence-corrected chi connectivity index (χ0v) is 12.9. The summed E-state index contributed by atoms with van der Waals surface area (Å²) >= 11 is 0. The highest BCUT2D eigenvalue weighted by Crippen LogP contribution is 2.21. The molecule has 116 valence electrons. The number of anilines is 1. The Balaban J connectivity index is 2.06. The topological polar surface area (TPSA) is 35.6 Å². The van der Waals surface area contributed by atoms with Gasteiger partial charge in [0.1, 0.15) is 5.82 Å². The van der Waals surface area contributed by atoms with Crippen LogP contribution in [0.25, 0.3) is 0 Å². The van der Waals surface area contributed by atoms with Crippen molar-refractivity contribution in [1.29, 1.82) is 0 Å². The van der Waals surface area contributed by atoms with Gasteiger partial charge in [0.15, 0.2) is 0 Å². The number of amides is 1. The Kier molecular flexibility index (Phi) is 5.56. The minimum Gasteiger partial charge on any atom is -0.365 e. The van der Waals surface area contributed by atoms with Crippen LogP contribution in [0.1, 0.15) is 25.3 Å². The number of hydrogen-bond acceptors (Lipinski definition) is 3. The lowest BCUT2D eigenvalue weighted by molar-refractivity contribution is -0.128. The van der Waals surface area contributed by atoms with Gasteiger partial charge in [0.05, 0.1) is 6.54 Å². The standard InChI is InChI=1S/C16H24FN3O/c1-3-18-11-13-10-14(17)6-7-15(13)19(2)12-16(21)20-8-4-5-9-20/h6-7,10,18H,3-5,8-9,11-12H2,1-2H3. The molecule has 1 aromatic rings. The largest absolute Gasteiger partial charge is 0.365 e. The quantitative estimate of drug-likeness (QED) is 0.871. The highest BCUT2D eigenvalue weighted by molar-refractivity contribution is 5.81. The van der Waals surface area contributed by atoms with Crippen LogP contribution in [0.3, 0.4) is 0 Å². The van der Waals surface area contributed by atoms with Gasteiger partial charge in [0.25, 0.3) is 0 Å². The summed E-state index contributed by atoms with van der Waals surface area (Å²) in [5.41, 5.74) is 1.79. The van der Waals surface area contributed by atoms with Gasteiger partial charge in [-0.25, -0.2) is 4.39 Å². The van der Waals surface area contributed by atoms with E-state index in [1.165, 1.54) is 12.1 Å². The maximum atomic E-state index is 13.4. The number of nitrogens with one attached hydrogen (secondary N) is 1. The van der Waals surface area contributed by atoms with Crippen LogP contribution in [-0.2, 0) is 11.3 Å². The molecule has 0 radical (unpaired) electrons. The van der Waals surface area contributed by atoms with Gasteiger partial charge < -0.3 is 15.1 Å². The summed E-state index contributed by atoms with van der Waals surface area (Å²) in [5.74, 6) is -0.0975. The third kappa shape index (κ3) is 4.17. The predicted molar refractivity (Wildman–Crippen MR) is 82.9 cm³/mol. The molecular formula is C16H24FN3O. The molecule has 1 heterocycles. The minimum atomic E-state index is -0.245. The van der Waals surface area contributed by atoms with E-state index in [0.717, 1.165) is 43.7 Å². The summed E-state index contributed by atoms with van der Waals surface area (Å²) in [6.45, 7) is 5.50. The van der Waals surface area contributed by atoms with Crippen LogP contribution in [0.15, 0.2) is 18.2 Å². The average molecular weight is 293 g/mol. The van der Waals surface area contributed by atoms with E-state index in [2.05, 4.69) is 5.32 Å². The fraction of sp³-hybridized carbons (Fsp3) is 0.562. The van der Waals surface area contributed by atoms with E-state index >= 15 is 0 Å². The van der Waals surface area contributed by atoms with Crippen LogP contribution in [0, 0.1) is 5.82 Å². The van der Waals surface area contributed by atoms with E-state index in [1.54, 1.807) is 6.07 Å². The van der Waals surface area contributed by atoms with E-state index in [1.807, 2.05) is 23.8 Å². The highest BCUT2D eigenvalue weighted by atomic mass is 19.1. The Morgan fingerprint density at radius 1 is 1.38 bits per heavy atom. The van der Waals surface area contributed by atoms with Crippen molar-refractivity contribution in [2.24, 2.45) is 0 Å². The molecule has 1 aliphatic heterocycles. The van der Waals surface area contributed by atoms with Crippen molar-refractivity contribution in [2.75, 3.05) is 38.1 Å². The Labute approximate surface area is 125 Å². The number of halogens is 1. The van der Waals surface area contributed by atoms with Gasteiger partial charge in [0, 0.05) is 32.4 Å². The molecule has 1 aromatic carbocycles. The van der Waals surface area contributed by atoms with Crippen molar-refractivity contribution < 1.29 is 9.18 Å². The number of carbonyl (C=O) groups is 1. The fourth-order valence-corrected chi connectivity index (χ4v) is 2.68. The Morgan fingerprint density at radius 3 is 2.76 bits per heavy atom. The van der Waals surface area contributed by atoms with Crippen LogP contribution in [0.5, 0.6) is 0 Å². The van der Waals surface area contributed by atoms with Crippen molar-refractivity contribution in [3.8, 4) is 0 Å². The summed E-state index contributed by atoms with van der Waals surface area (Å²) in [6, 6.07) is 4.73. The Bertz CT molecular complexity index is 486. The zero-order chi connectivity index (χ0) is 15.2. The average Bonchev–Trinajstić information content (AvgIpc) is 2.99. The molecule has 0 aliphatic carbocycles. The van der Waals surface area contributed by atoms with Crippen LogP contribution < -0.4 is 10.2 Å². The molecule has 0 atom stereocenters. The number of likely N-dealkylation sites (N-methyl/N-ethyl adjacent to an activating group) is 1. The lowest BCUT2D eigenvalue weighted by atomic mass is 10.1. The van der Waals surface area contributed by atoms with Crippen LogP contribution in [0.4, 0.5) is 10.1 Å². The highest BCUT2D eigenvalue weighted by Gasteiger charge is 2.20. The summed E-state index contributed by atoms with van der Waals surface area (Å²) < 4.78 is 13.4. The van der Waals surface area contributed by atoms with E-state index in [-0.39, 0.29) is 11.7 Å². The van der Waals surface area contributed by atoms with Gasteiger partial charge >= 0.3 is 0 Å². The lowest BCUT2D eigenvalue weighted by Crippen LogP contribution is -2.37. The fourth-order valence-electron chi connectivity index (χ4n) is 2.68. The second-order valence-electron chi connectivity index (χ2n) is 5.50. The van der Waals surface area contributed by atoms with Crippen LogP contribution >= 0.6 is 0 Å². The Morgan fingerprint density at radius 2 is 2.10 bits per heavy atom. The molecule has 1 amide bonds. The van der Waals surface area contributed by atoms with Gasteiger partial charge in [-0.3, -0.25) is 4.79 Å². The number of benzene rings is 1. The zero-order valence-electron chi connectivity index (χ0n) is 12.9. The Hall–Kier alpha value is -1.62. The van der Waals surface area contributed by atoms with E-state index in [0.29, 0.717) is 13.1 Å². The van der Waals surface area contributed by atoms with Gasteiger partial charge in [-0.1, -0.05) is 6.92 Å². The third-order valence-electron chi connectivity index (χ3n) is 3.85. The van der Waals surface area contributed by atoms with Gasteiger partial charge in [0.2, 0.25) is 5.91 Å². The molecule has 0 aromatic heterocycles. The molecule has 2 rings (SSSR count). The van der Waals surface area contributed by atoms with E-state index < -0.39 is 0 Å². The SMILES string of the molecule is CCNCc1cc(F)ccc1N(C)CC(=O)N1CCCC1. The van der Waals surface area contributed by atoms with Crippen LogP contribution in [0.2, 0.25) is 0 Å². The number of nitrogens with zero attached hydrogens (tertiary/aromatic N) is 2. The molecule has 1 fully saturated rings. The molecule has 4 nitrogen and oxygen atoms in total. The van der Waals surface area contributed by atoms with Crippen molar-refractivity contribution in [3.63, 3.8) is 0 Å². The van der Waals surface area contributed by atoms with Crippen LogP contribution in [-0.4, -0.2) is 44.0 Å². The number of likely N-dealkylation sites (tertiary alicyclic amines) is 1. The number of rotatable bonds is 6.